The molecule has 0 amide bonds. The van der Waals surface area contributed by atoms with E-state index in [0.29, 0.717) is 62.2 Å². The molecule has 0 spiro atoms. The highest BCUT2D eigenvalue weighted by atomic mass is 19.5. The summed E-state index contributed by atoms with van der Waals surface area (Å²) in [6, 6.07) is 0. The third kappa shape index (κ3) is 88.1. The first-order valence-electron chi connectivity index (χ1n) is 41.8. The van der Waals surface area contributed by atoms with Crippen LogP contribution in [-0.4, -0.2) is 74.1 Å². The quantitative estimate of drug-likeness (QED) is 0.0799. The van der Waals surface area contributed by atoms with Crippen molar-refractivity contribution >= 4 is 0 Å². The zero-order valence-corrected chi connectivity index (χ0v) is 79.6. The van der Waals surface area contributed by atoms with Gasteiger partial charge in [-0.05, 0) is 88.8 Å². The zero-order chi connectivity index (χ0) is 102. The number of unbranched alkanes of at least 4 members (excludes halogenated alkanes) is 2. The van der Waals surface area contributed by atoms with Gasteiger partial charge in [-0.1, -0.05) is 333 Å². The second kappa shape index (κ2) is 63.5. The fourth-order valence-corrected chi connectivity index (χ4v) is 8.34. The third-order valence-corrected chi connectivity index (χ3v) is 21.4. The maximum atomic E-state index is 12.1. The Morgan fingerprint density at radius 1 is 0.279 bits per heavy atom. The maximum Gasteiger partial charge on any atom is 0.400 e. The van der Waals surface area contributed by atoms with Gasteiger partial charge in [-0.3, -0.25) is 0 Å². The molecule has 0 aromatic carbocycles. The van der Waals surface area contributed by atoms with Crippen LogP contribution in [0.5, 0.6) is 0 Å². The zero-order valence-electron chi connectivity index (χ0n) is 79.6. The molecule has 7 atom stereocenters. The van der Waals surface area contributed by atoms with Crippen molar-refractivity contribution in [2.24, 2.45) is 110 Å². The van der Waals surface area contributed by atoms with Crippen LogP contribution in [0.3, 0.4) is 0 Å². The Morgan fingerprint density at radius 3 is 0.689 bits per heavy atom. The van der Waals surface area contributed by atoms with Crippen molar-refractivity contribution in [3.63, 3.8) is 0 Å². The van der Waals surface area contributed by atoms with Crippen LogP contribution in [0, 0.1) is 110 Å². The normalized spacial score (nSPS) is 15.0. The lowest BCUT2D eigenvalue weighted by Gasteiger charge is -2.34. The molecule has 0 aliphatic carbocycles. The van der Waals surface area contributed by atoms with E-state index in [1.54, 1.807) is 104 Å². The van der Waals surface area contributed by atoms with E-state index in [9.17, 15) is 158 Å². The average molecular weight is 1880 g/mol. The van der Waals surface area contributed by atoms with Gasteiger partial charge in [-0.2, -0.15) is 158 Å². The van der Waals surface area contributed by atoms with Crippen LogP contribution in [0.15, 0.2) is 0 Å². The monoisotopic (exact) mass is 1880 g/mol. The van der Waals surface area contributed by atoms with Crippen molar-refractivity contribution in [2.45, 2.75) is 445 Å². The molecule has 0 aliphatic rings. The van der Waals surface area contributed by atoms with Crippen LogP contribution < -0.4 is 0 Å². The summed E-state index contributed by atoms with van der Waals surface area (Å²) >= 11 is 0. The van der Waals surface area contributed by atoms with E-state index in [0.717, 1.165) is 12.3 Å². The van der Waals surface area contributed by atoms with E-state index in [4.69, 9.17) is 0 Å². The van der Waals surface area contributed by atoms with Gasteiger partial charge in [0.05, 0.1) is 28.6 Å². The Bertz CT molecular complexity index is 2280. The van der Waals surface area contributed by atoms with Crippen molar-refractivity contribution in [1.82, 2.24) is 0 Å². The lowest BCUT2D eigenvalue weighted by Crippen LogP contribution is -2.37. The predicted octanol–water partition coefficient (Wildman–Crippen LogP) is 40.3. The first-order chi connectivity index (χ1) is 53.0. The number of rotatable bonds is 25. The average Bonchev–Trinajstić information content (AvgIpc) is 0.826. The Morgan fingerprint density at radius 2 is 0.582 bits per heavy atom. The van der Waals surface area contributed by atoms with Crippen molar-refractivity contribution < 1.29 is 158 Å². The third-order valence-electron chi connectivity index (χ3n) is 21.4. The number of hydrogen-bond acceptors (Lipinski definition) is 0. The summed E-state index contributed by atoms with van der Waals surface area (Å²) in [5.41, 5.74) is -2.80. The molecule has 0 saturated heterocycles. The fraction of sp³-hybridized carbons (Fsp3) is 1.00. The molecule has 756 valence electrons. The van der Waals surface area contributed by atoms with E-state index < -0.39 is 158 Å². The highest BCUT2D eigenvalue weighted by molar-refractivity contribution is 4.82. The summed E-state index contributed by atoms with van der Waals surface area (Å²) < 4.78 is 427. The van der Waals surface area contributed by atoms with Crippen LogP contribution in [-0.2, 0) is 0 Å². The van der Waals surface area contributed by atoms with Crippen molar-refractivity contribution in [3.8, 4) is 0 Å². The molecule has 0 aromatic heterocycles. The molecule has 0 heterocycles. The minimum atomic E-state index is -5.19. The molecule has 0 N–H and O–H groups in total. The van der Waals surface area contributed by atoms with Gasteiger partial charge in [0, 0.05) is 19.3 Å². The molecule has 122 heavy (non-hydrogen) atoms. The SMILES string of the molecule is CC(C)(C)C(C)(C)C.CC(C)C(C)(C)C(F)(F)F.CC(C)CC(C(F)(F)F)C(F)(F)F.CC(C)[C@@H](C)C(C)C(F)(F)F.CCC(C)(C)CC(F)(F)F.CCC(C)[C@@H](C)C(F)(F)F.CCC(CC)CC(F)(F)F.CCCC(C)(C)C(F)(F)F.CCCCC(C(F)(F)F)C(F)(F)F.CCCCC(C)C.CCC[C@H](C)CC(F)(F)F.CC[C@H](C)C(C)C(F)(F)F. The molecule has 0 rings (SSSR count). The van der Waals surface area contributed by atoms with Gasteiger partial charge in [-0.25, -0.2) is 0 Å². The molecule has 0 bridgehead atoms. The van der Waals surface area contributed by atoms with Crippen LogP contribution in [0.4, 0.5) is 158 Å². The first-order valence-corrected chi connectivity index (χ1v) is 41.8. The Labute approximate surface area is 711 Å². The van der Waals surface area contributed by atoms with Crippen molar-refractivity contribution in [1.29, 1.82) is 0 Å². The lowest BCUT2D eigenvalue weighted by molar-refractivity contribution is -0.288. The van der Waals surface area contributed by atoms with Gasteiger partial charge >= 0.3 is 74.1 Å². The van der Waals surface area contributed by atoms with Gasteiger partial charge in [0.2, 0.25) is 0 Å². The Balaban J connectivity index is -0.000000108. The van der Waals surface area contributed by atoms with E-state index in [1.807, 2.05) is 20.8 Å². The lowest BCUT2D eigenvalue weighted by atomic mass is 9.71. The predicted molar refractivity (Wildman–Crippen MR) is 426 cm³/mol. The van der Waals surface area contributed by atoms with Crippen molar-refractivity contribution in [2.75, 3.05) is 0 Å². The second-order valence-electron chi connectivity index (χ2n) is 37.0. The smallest absolute Gasteiger partial charge is 0.171 e. The summed E-state index contributed by atoms with van der Waals surface area (Å²) in [5, 5.41) is 0. The summed E-state index contributed by atoms with van der Waals surface area (Å²) in [4.78, 5) is 0. The Hall–Kier alpha value is -2.52. The van der Waals surface area contributed by atoms with E-state index in [1.165, 1.54) is 81.6 Å². The van der Waals surface area contributed by atoms with Gasteiger partial charge in [0.1, 0.15) is 0 Å². The topological polar surface area (TPSA) is 0 Å². The molecule has 0 fully saturated rings. The van der Waals surface area contributed by atoms with Gasteiger partial charge in [-0.15, -0.1) is 0 Å². The summed E-state index contributed by atoms with van der Waals surface area (Å²) in [7, 11) is 0. The molecule has 0 saturated carbocycles. The first kappa shape index (κ1) is 145. The maximum absolute atomic E-state index is 12.1. The largest absolute Gasteiger partial charge is 0.400 e. The van der Waals surface area contributed by atoms with E-state index in [-0.39, 0.29) is 54.3 Å². The molecular weight excluding hydrogens is 1720 g/mol. The number of alkyl halides is 36. The molecule has 0 aliphatic heterocycles. The standard InChI is InChI=1S/C8H15F3.C8H18.2C7H10F6.7C7H13F3.C7H16/c1-5(2)6(3)7(4)8(9,10)11;1-7(2,3)8(4,5)6;1-4(2)3-5(6(8,9)10)7(11,12)13;1-2-3-4-5(6(8,9)10)7(11,12)13;1-5(2)6(3,4)7(8,9)10;1-4-6(2,3)5-7(8,9)10;1-4-5-6(2,3)7(8,9)10;2*1-4-5(2)6(3)7(8,9)10;1-3-4-6(2)5-7(8,9)10;1-3-6(4-2)5-7(8,9)10;1-4-5-6-7(2)3/h5-7H,1-4H3;1-6H3;4-5H,3H2,1-2H3;5H,2-4H2,1H3;5H,1-4H3;2*4-5H2,1-3H3;2*5-6H,4H2,1-3H3;2*6H,3-5H2,1-2H3;7H,4-6H2,1-3H3/t6-,7?;;;;;;;5?,6-;5-,6?;6-;;/m1......100../s1. The number of halogens is 36. The fourth-order valence-electron chi connectivity index (χ4n) is 8.34. The summed E-state index contributed by atoms with van der Waals surface area (Å²) in [5.74, 6) is -11.1. The van der Waals surface area contributed by atoms with Gasteiger partial charge < -0.3 is 0 Å². The van der Waals surface area contributed by atoms with Gasteiger partial charge in [0.25, 0.3) is 0 Å². The van der Waals surface area contributed by atoms with Crippen LogP contribution in [0.25, 0.3) is 0 Å². The summed E-state index contributed by atoms with van der Waals surface area (Å²) in [6.07, 6.45) is -47.0. The summed E-state index contributed by atoms with van der Waals surface area (Å²) in [6.45, 7) is 62.3. The van der Waals surface area contributed by atoms with Crippen LogP contribution in [0.2, 0.25) is 0 Å². The highest BCUT2D eigenvalue weighted by Gasteiger charge is 2.57. The second-order valence-corrected chi connectivity index (χ2v) is 37.0. The van der Waals surface area contributed by atoms with Gasteiger partial charge in [0.15, 0.2) is 11.8 Å². The molecule has 0 nitrogen and oxygen atoms in total. The Kier molecular flexibility index (Phi) is 75.6. The van der Waals surface area contributed by atoms with Crippen LogP contribution >= 0.6 is 0 Å². The highest BCUT2D eigenvalue weighted by Crippen LogP contribution is 2.47. The minimum Gasteiger partial charge on any atom is -0.171 e. The molecular formula is C86H160F36. The molecule has 0 radical (unpaired) electrons. The van der Waals surface area contributed by atoms with E-state index >= 15 is 0 Å². The molecule has 36 heteroatoms. The minimum absolute atomic E-state index is 0.0658. The molecule has 0 aromatic rings. The van der Waals surface area contributed by atoms with E-state index in [2.05, 4.69) is 62.3 Å². The molecule has 3 unspecified atom stereocenters. The van der Waals surface area contributed by atoms with Crippen molar-refractivity contribution in [3.05, 3.63) is 0 Å². The van der Waals surface area contributed by atoms with Crippen LogP contribution in [0.1, 0.15) is 371 Å². The number of hydrogen-bond donors (Lipinski definition) is 0.